The smallest absolute Gasteiger partial charge is 0.337 e. The molecule has 0 aliphatic heterocycles. The second-order valence-corrected chi connectivity index (χ2v) is 4.10. The van der Waals surface area contributed by atoms with Crippen LogP contribution >= 0.6 is 0 Å². The highest BCUT2D eigenvalue weighted by Crippen LogP contribution is 2.11. The number of pyridine rings is 1. The maximum absolute atomic E-state index is 12.7. The number of carboxylic acid groups (broad SMARTS) is 1. The molecule has 0 spiro atoms. The van der Waals surface area contributed by atoms with E-state index in [2.05, 4.69) is 10.3 Å². The number of anilines is 1. The monoisotopic (exact) mass is 274 g/mol. The molecule has 0 fully saturated rings. The van der Waals surface area contributed by atoms with Crippen LogP contribution in [0.25, 0.3) is 0 Å². The Labute approximate surface area is 114 Å². The van der Waals surface area contributed by atoms with Gasteiger partial charge in [-0.1, -0.05) is 0 Å². The second kappa shape index (κ2) is 5.48. The molecular weight excluding hydrogens is 263 g/mol. The average molecular weight is 274 g/mol. The molecule has 6 heteroatoms. The van der Waals surface area contributed by atoms with Crippen molar-refractivity contribution >= 4 is 17.6 Å². The Kier molecular flexibility index (Phi) is 3.74. The van der Waals surface area contributed by atoms with Crippen molar-refractivity contribution in [1.82, 2.24) is 4.98 Å². The molecule has 0 aliphatic carbocycles. The Morgan fingerprint density at radius 1 is 1.15 bits per heavy atom. The highest BCUT2D eigenvalue weighted by atomic mass is 19.1. The minimum absolute atomic E-state index is 0.0448. The fourth-order valence-electron chi connectivity index (χ4n) is 1.64. The molecule has 20 heavy (non-hydrogen) atoms. The summed E-state index contributed by atoms with van der Waals surface area (Å²) in [6.07, 6.45) is 0. The van der Waals surface area contributed by atoms with Gasteiger partial charge in [-0.05, 0) is 43.3 Å². The summed E-state index contributed by atoms with van der Waals surface area (Å²) in [5.74, 6) is -1.99. The largest absolute Gasteiger partial charge is 0.478 e. The molecule has 102 valence electrons. The summed E-state index contributed by atoms with van der Waals surface area (Å²) in [5.41, 5.74) is 0.822. The van der Waals surface area contributed by atoms with Crippen molar-refractivity contribution in [1.29, 1.82) is 0 Å². The van der Waals surface area contributed by atoms with Gasteiger partial charge in [0.05, 0.1) is 11.3 Å². The molecule has 2 aromatic rings. The number of nitrogens with zero attached hydrogens (tertiary/aromatic N) is 1. The number of aromatic carboxylic acids is 1. The number of benzene rings is 1. The molecule has 0 saturated carbocycles. The Morgan fingerprint density at radius 3 is 2.35 bits per heavy atom. The van der Waals surface area contributed by atoms with E-state index < -0.39 is 17.7 Å². The number of rotatable bonds is 3. The Balaban J connectivity index is 2.19. The molecule has 1 heterocycles. The number of aryl methyl sites for hydroxylation is 1. The summed E-state index contributed by atoms with van der Waals surface area (Å²) in [4.78, 5) is 26.7. The van der Waals surface area contributed by atoms with Gasteiger partial charge < -0.3 is 10.4 Å². The number of hydrogen-bond acceptors (Lipinski definition) is 3. The number of carbonyl (C=O) groups is 2. The highest BCUT2D eigenvalue weighted by Gasteiger charge is 2.13. The number of aromatic nitrogens is 1. The van der Waals surface area contributed by atoms with Crippen molar-refractivity contribution < 1.29 is 19.1 Å². The first-order valence-corrected chi connectivity index (χ1v) is 5.75. The number of nitrogens with one attached hydrogen (secondary N) is 1. The lowest BCUT2D eigenvalue weighted by Crippen LogP contribution is -2.15. The molecule has 1 aromatic heterocycles. The molecule has 2 rings (SSSR count). The van der Waals surface area contributed by atoms with Gasteiger partial charge in [0.15, 0.2) is 0 Å². The third kappa shape index (κ3) is 2.97. The van der Waals surface area contributed by atoms with Gasteiger partial charge in [0.2, 0.25) is 0 Å². The van der Waals surface area contributed by atoms with Gasteiger partial charge in [-0.2, -0.15) is 0 Å². The lowest BCUT2D eigenvalue weighted by Gasteiger charge is -2.06. The molecule has 0 aliphatic rings. The SMILES string of the molecule is Cc1nc(C(=O)Nc2ccc(F)cc2)ccc1C(=O)O. The van der Waals surface area contributed by atoms with Crippen LogP contribution in [0.1, 0.15) is 26.5 Å². The quantitative estimate of drug-likeness (QED) is 0.901. The maximum atomic E-state index is 12.7. The fourth-order valence-corrected chi connectivity index (χ4v) is 1.64. The zero-order chi connectivity index (χ0) is 14.7. The van der Waals surface area contributed by atoms with Crippen LogP contribution < -0.4 is 5.32 Å². The van der Waals surface area contributed by atoms with Gasteiger partial charge in [-0.25, -0.2) is 14.2 Å². The van der Waals surface area contributed by atoms with Gasteiger partial charge in [0.25, 0.3) is 5.91 Å². The van der Waals surface area contributed by atoms with Crippen LogP contribution in [0.2, 0.25) is 0 Å². The molecule has 0 radical (unpaired) electrons. The van der Waals surface area contributed by atoms with Gasteiger partial charge in [-0.3, -0.25) is 4.79 Å². The van der Waals surface area contributed by atoms with E-state index in [9.17, 15) is 14.0 Å². The summed E-state index contributed by atoms with van der Waals surface area (Å²) in [6, 6.07) is 7.95. The first-order chi connectivity index (χ1) is 9.47. The van der Waals surface area contributed by atoms with E-state index in [1.165, 1.54) is 43.3 Å². The van der Waals surface area contributed by atoms with Crippen molar-refractivity contribution in [3.05, 3.63) is 59.2 Å². The van der Waals surface area contributed by atoms with Gasteiger partial charge in [0.1, 0.15) is 11.5 Å². The first-order valence-electron chi connectivity index (χ1n) is 5.75. The molecule has 0 unspecified atom stereocenters. The van der Waals surface area contributed by atoms with E-state index in [-0.39, 0.29) is 17.0 Å². The zero-order valence-electron chi connectivity index (χ0n) is 10.6. The van der Waals surface area contributed by atoms with Crippen LogP contribution in [0.4, 0.5) is 10.1 Å². The van der Waals surface area contributed by atoms with Crippen LogP contribution in [0.15, 0.2) is 36.4 Å². The Morgan fingerprint density at radius 2 is 1.80 bits per heavy atom. The number of hydrogen-bond donors (Lipinski definition) is 2. The molecule has 1 aromatic carbocycles. The van der Waals surface area contributed by atoms with E-state index in [1.807, 2.05) is 0 Å². The van der Waals surface area contributed by atoms with Gasteiger partial charge >= 0.3 is 5.97 Å². The summed E-state index contributed by atoms with van der Waals surface area (Å²) in [7, 11) is 0. The number of halogens is 1. The average Bonchev–Trinajstić information content (AvgIpc) is 2.40. The molecule has 1 amide bonds. The van der Waals surface area contributed by atoms with E-state index in [0.29, 0.717) is 5.69 Å². The Bertz CT molecular complexity index is 669. The maximum Gasteiger partial charge on any atom is 0.337 e. The van der Waals surface area contributed by atoms with Crippen molar-refractivity contribution in [3.63, 3.8) is 0 Å². The van der Waals surface area contributed by atoms with Crippen molar-refractivity contribution in [2.45, 2.75) is 6.92 Å². The zero-order valence-corrected chi connectivity index (χ0v) is 10.6. The molecule has 5 nitrogen and oxygen atoms in total. The normalized spacial score (nSPS) is 10.1. The lowest BCUT2D eigenvalue weighted by molar-refractivity contribution is 0.0695. The van der Waals surface area contributed by atoms with E-state index in [4.69, 9.17) is 5.11 Å². The third-order valence-electron chi connectivity index (χ3n) is 2.65. The van der Waals surface area contributed by atoms with Gasteiger partial charge in [-0.15, -0.1) is 0 Å². The van der Waals surface area contributed by atoms with Crippen LogP contribution in [0, 0.1) is 12.7 Å². The highest BCUT2D eigenvalue weighted by molar-refractivity contribution is 6.03. The topological polar surface area (TPSA) is 79.3 Å². The van der Waals surface area contributed by atoms with E-state index in [1.54, 1.807) is 0 Å². The fraction of sp³-hybridized carbons (Fsp3) is 0.0714. The predicted molar refractivity (Wildman–Crippen MR) is 70.3 cm³/mol. The molecular formula is C14H11FN2O3. The first kappa shape index (κ1) is 13.7. The minimum Gasteiger partial charge on any atom is -0.478 e. The lowest BCUT2D eigenvalue weighted by atomic mass is 10.2. The number of carbonyl (C=O) groups excluding carboxylic acids is 1. The molecule has 2 N–H and O–H groups in total. The molecule has 0 atom stereocenters. The van der Waals surface area contributed by atoms with Crippen molar-refractivity contribution in [2.75, 3.05) is 5.32 Å². The van der Waals surface area contributed by atoms with Crippen molar-refractivity contribution in [3.8, 4) is 0 Å². The van der Waals surface area contributed by atoms with Crippen LogP contribution in [-0.4, -0.2) is 22.0 Å². The van der Waals surface area contributed by atoms with E-state index in [0.717, 1.165) is 0 Å². The Hall–Kier alpha value is -2.76. The summed E-state index contributed by atoms with van der Waals surface area (Å²) in [5, 5.41) is 11.4. The number of amides is 1. The van der Waals surface area contributed by atoms with Crippen LogP contribution in [0.5, 0.6) is 0 Å². The van der Waals surface area contributed by atoms with Crippen LogP contribution in [-0.2, 0) is 0 Å². The summed E-state index contributed by atoms with van der Waals surface area (Å²) in [6.45, 7) is 1.51. The molecule has 0 saturated heterocycles. The minimum atomic E-state index is -1.10. The van der Waals surface area contributed by atoms with E-state index >= 15 is 0 Å². The predicted octanol–water partition coefficient (Wildman–Crippen LogP) is 2.48. The van der Waals surface area contributed by atoms with Gasteiger partial charge in [0, 0.05) is 5.69 Å². The molecule has 0 bridgehead atoms. The second-order valence-electron chi connectivity index (χ2n) is 4.10. The summed E-state index contributed by atoms with van der Waals surface area (Å²) >= 11 is 0. The standard InChI is InChI=1S/C14H11FN2O3/c1-8-11(14(19)20)6-7-12(16-8)13(18)17-10-4-2-9(15)3-5-10/h2-7H,1H3,(H,17,18)(H,19,20). The van der Waals surface area contributed by atoms with Crippen molar-refractivity contribution in [2.24, 2.45) is 0 Å². The third-order valence-corrected chi connectivity index (χ3v) is 2.65. The van der Waals surface area contributed by atoms with Crippen LogP contribution in [0.3, 0.4) is 0 Å². The number of carboxylic acids is 1. The summed E-state index contributed by atoms with van der Waals surface area (Å²) < 4.78 is 12.7.